The molecule has 2 heterocycles. The number of nitrogens with zero attached hydrogens (tertiary/aromatic N) is 2. The lowest BCUT2D eigenvalue weighted by Crippen LogP contribution is -2.55. The number of fused-ring (bicyclic) bond motifs is 1. The summed E-state index contributed by atoms with van der Waals surface area (Å²) in [4.78, 5) is 20.2. The maximum Gasteiger partial charge on any atom is 0.244 e. The fourth-order valence-corrected chi connectivity index (χ4v) is 4.92. The number of piperazine rings is 1. The molecule has 1 saturated heterocycles. The molecule has 2 N–H and O–H groups in total. The quantitative estimate of drug-likeness (QED) is 0.296. The lowest BCUT2D eigenvalue weighted by Gasteiger charge is -2.45. The molecule has 0 aliphatic carbocycles. The first-order valence-corrected chi connectivity index (χ1v) is 12.4. The van der Waals surface area contributed by atoms with Crippen LogP contribution in [0.4, 0.5) is 5.69 Å². The molecule has 2 unspecified atom stereocenters. The number of halogens is 2. The molecule has 9 heteroatoms. The van der Waals surface area contributed by atoms with Gasteiger partial charge in [-0.3, -0.25) is 9.69 Å². The highest BCUT2D eigenvalue weighted by Crippen LogP contribution is 2.38. The Labute approximate surface area is 221 Å². The Morgan fingerprint density at radius 1 is 1.22 bits per heavy atom. The molecule has 1 fully saturated rings. The van der Waals surface area contributed by atoms with E-state index in [0.29, 0.717) is 23.1 Å². The van der Waals surface area contributed by atoms with E-state index in [2.05, 4.69) is 38.8 Å². The second kappa shape index (κ2) is 11.8. The first-order chi connectivity index (χ1) is 17.4. The van der Waals surface area contributed by atoms with Crippen LogP contribution in [0.2, 0.25) is 10.0 Å². The third-order valence-electron chi connectivity index (χ3n) is 6.36. The van der Waals surface area contributed by atoms with Crippen molar-refractivity contribution < 1.29 is 14.3 Å². The number of anilines is 1. The van der Waals surface area contributed by atoms with E-state index < -0.39 is 0 Å². The molecule has 1 aliphatic heterocycles. The number of rotatable bonds is 9. The Balaban J connectivity index is 1.65. The van der Waals surface area contributed by atoms with E-state index in [4.69, 9.17) is 32.7 Å². The van der Waals surface area contributed by atoms with Crippen LogP contribution in [0.15, 0.2) is 67.3 Å². The highest BCUT2D eigenvalue weighted by Gasteiger charge is 2.34. The number of methoxy groups -OCH3 is 2. The van der Waals surface area contributed by atoms with Gasteiger partial charge < -0.3 is 24.7 Å². The van der Waals surface area contributed by atoms with E-state index >= 15 is 0 Å². The number of para-hydroxylation sites is 2. The summed E-state index contributed by atoms with van der Waals surface area (Å²) in [7, 11) is 3.34. The third kappa shape index (κ3) is 5.71. The Bertz CT molecular complexity index is 1220. The van der Waals surface area contributed by atoms with Gasteiger partial charge in [0.2, 0.25) is 5.91 Å². The number of aromatic amines is 1. The fraction of sp³-hybridized carbons (Fsp3) is 0.296. The molecule has 1 amide bonds. The summed E-state index contributed by atoms with van der Waals surface area (Å²) in [6, 6.07) is 13.8. The molecule has 2 atom stereocenters. The minimum atomic E-state index is -0.290. The summed E-state index contributed by atoms with van der Waals surface area (Å²) < 4.78 is 11.5. The van der Waals surface area contributed by atoms with Crippen molar-refractivity contribution in [2.24, 2.45) is 0 Å². The van der Waals surface area contributed by atoms with Crippen LogP contribution in [0.1, 0.15) is 11.7 Å². The SMILES string of the molecule is C=C/C=C/C(=O)NCC(OC)N1CCN(c2ccccc2OC)C(c2cc3cc(Cl)c(Cl)cc3[nH]2)C1. The molecule has 0 radical (unpaired) electrons. The predicted molar refractivity (Wildman–Crippen MR) is 146 cm³/mol. The normalized spacial score (nSPS) is 17.4. The number of hydrogen-bond donors (Lipinski definition) is 2. The Morgan fingerprint density at radius 2 is 2.00 bits per heavy atom. The maximum absolute atomic E-state index is 12.1. The van der Waals surface area contributed by atoms with Gasteiger partial charge in [0.15, 0.2) is 0 Å². The van der Waals surface area contributed by atoms with Crippen LogP contribution < -0.4 is 15.0 Å². The Hall–Kier alpha value is -2.97. The highest BCUT2D eigenvalue weighted by molar-refractivity contribution is 6.42. The van der Waals surface area contributed by atoms with Crippen LogP contribution in [-0.4, -0.2) is 62.4 Å². The first kappa shape index (κ1) is 26.1. The maximum atomic E-state index is 12.1. The molecule has 4 rings (SSSR count). The standard InChI is InChI=1S/C27H30Cl2N4O3/c1-4-5-10-26(34)30-16-27(36-3)32-11-12-33(23-8-6-7-9-25(23)35-2)24(17-32)22-14-18-13-19(28)20(29)15-21(18)31-22/h4-10,13-15,24,27,31H,1,11-12,16-17H2,2-3H3,(H,30,34)/b10-5+. The molecule has 0 spiro atoms. The van der Waals surface area contributed by atoms with Crippen LogP contribution in [0.5, 0.6) is 5.75 Å². The Morgan fingerprint density at radius 3 is 2.75 bits per heavy atom. The van der Waals surface area contributed by atoms with Crippen molar-refractivity contribution in [3.8, 4) is 5.75 Å². The van der Waals surface area contributed by atoms with Crippen molar-refractivity contribution in [1.29, 1.82) is 0 Å². The largest absolute Gasteiger partial charge is 0.495 e. The van der Waals surface area contributed by atoms with Crippen molar-refractivity contribution >= 4 is 45.7 Å². The van der Waals surface area contributed by atoms with Gasteiger partial charge in [-0.1, -0.05) is 54.1 Å². The number of carbonyl (C=O) groups excluding carboxylic acids is 1. The van der Waals surface area contributed by atoms with Crippen LogP contribution in [0, 0.1) is 0 Å². The number of nitrogens with one attached hydrogen (secondary N) is 2. The van der Waals surface area contributed by atoms with Gasteiger partial charge in [0.1, 0.15) is 12.0 Å². The summed E-state index contributed by atoms with van der Waals surface area (Å²) in [6.07, 6.45) is 4.33. The third-order valence-corrected chi connectivity index (χ3v) is 7.08. The van der Waals surface area contributed by atoms with Crippen LogP contribution in [0.25, 0.3) is 10.9 Å². The van der Waals surface area contributed by atoms with E-state index in [1.54, 1.807) is 26.4 Å². The van der Waals surface area contributed by atoms with Gasteiger partial charge in [0, 0.05) is 49.4 Å². The zero-order chi connectivity index (χ0) is 25.7. The number of ether oxygens (including phenoxy) is 2. The molecule has 3 aromatic rings. The molecule has 36 heavy (non-hydrogen) atoms. The zero-order valence-electron chi connectivity index (χ0n) is 20.3. The number of benzene rings is 2. The minimum Gasteiger partial charge on any atom is -0.495 e. The smallest absolute Gasteiger partial charge is 0.244 e. The molecule has 0 saturated carbocycles. The second-order valence-electron chi connectivity index (χ2n) is 8.48. The van der Waals surface area contributed by atoms with Crippen LogP contribution in [-0.2, 0) is 9.53 Å². The lowest BCUT2D eigenvalue weighted by atomic mass is 10.1. The number of carbonyl (C=O) groups is 1. The van der Waals surface area contributed by atoms with Crippen molar-refractivity contribution in [3.05, 3.63) is 83.0 Å². The Kier molecular flexibility index (Phi) is 8.59. The van der Waals surface area contributed by atoms with E-state index in [0.717, 1.165) is 41.1 Å². The average Bonchev–Trinajstić information content (AvgIpc) is 3.30. The predicted octanol–water partition coefficient (Wildman–Crippen LogP) is 5.18. The van der Waals surface area contributed by atoms with Gasteiger partial charge in [0.25, 0.3) is 0 Å². The monoisotopic (exact) mass is 528 g/mol. The molecule has 7 nitrogen and oxygen atoms in total. The summed E-state index contributed by atoms with van der Waals surface area (Å²) in [5, 5.41) is 4.91. The molecular formula is C27H30Cl2N4O3. The van der Waals surface area contributed by atoms with Gasteiger partial charge in [-0.25, -0.2) is 0 Å². The number of H-pyrrole nitrogens is 1. The number of amides is 1. The van der Waals surface area contributed by atoms with Gasteiger partial charge in [-0.15, -0.1) is 0 Å². The average molecular weight is 529 g/mol. The van der Waals surface area contributed by atoms with Gasteiger partial charge in [-0.2, -0.15) is 0 Å². The van der Waals surface area contributed by atoms with Crippen molar-refractivity contribution in [2.75, 3.05) is 45.3 Å². The topological polar surface area (TPSA) is 69.8 Å². The molecule has 2 aromatic carbocycles. The van der Waals surface area contributed by atoms with E-state index in [-0.39, 0.29) is 18.2 Å². The van der Waals surface area contributed by atoms with Crippen molar-refractivity contribution in [1.82, 2.24) is 15.2 Å². The zero-order valence-corrected chi connectivity index (χ0v) is 21.9. The molecule has 1 aliphatic rings. The van der Waals surface area contributed by atoms with Crippen LogP contribution >= 0.6 is 23.2 Å². The van der Waals surface area contributed by atoms with E-state index in [1.165, 1.54) is 6.08 Å². The fourth-order valence-electron chi connectivity index (χ4n) is 4.58. The summed E-state index contributed by atoms with van der Waals surface area (Å²) >= 11 is 12.6. The highest BCUT2D eigenvalue weighted by atomic mass is 35.5. The summed E-state index contributed by atoms with van der Waals surface area (Å²) in [5.74, 6) is 0.619. The van der Waals surface area contributed by atoms with E-state index in [9.17, 15) is 4.79 Å². The molecular weight excluding hydrogens is 499 g/mol. The van der Waals surface area contributed by atoms with Gasteiger partial charge >= 0.3 is 0 Å². The summed E-state index contributed by atoms with van der Waals surface area (Å²) in [5.41, 5.74) is 2.95. The van der Waals surface area contributed by atoms with E-state index in [1.807, 2.05) is 30.3 Å². The number of hydrogen-bond acceptors (Lipinski definition) is 5. The van der Waals surface area contributed by atoms with Gasteiger partial charge in [-0.05, 0) is 30.3 Å². The number of aromatic nitrogens is 1. The minimum absolute atomic E-state index is 0.0472. The summed E-state index contributed by atoms with van der Waals surface area (Å²) in [6.45, 7) is 6.07. The number of allylic oxidation sites excluding steroid dienone is 2. The van der Waals surface area contributed by atoms with Crippen molar-refractivity contribution in [2.45, 2.75) is 12.3 Å². The first-order valence-electron chi connectivity index (χ1n) is 11.7. The van der Waals surface area contributed by atoms with Crippen LogP contribution in [0.3, 0.4) is 0 Å². The second-order valence-corrected chi connectivity index (χ2v) is 9.30. The lowest BCUT2D eigenvalue weighted by molar-refractivity contribution is -0.118. The molecule has 0 bridgehead atoms. The van der Waals surface area contributed by atoms with Crippen molar-refractivity contribution in [3.63, 3.8) is 0 Å². The molecule has 190 valence electrons. The van der Waals surface area contributed by atoms with Gasteiger partial charge in [0.05, 0.1) is 35.4 Å². The molecule has 1 aromatic heterocycles.